The molecule has 1 N–H and O–H groups in total. The Morgan fingerprint density at radius 2 is 2.05 bits per heavy atom. The topological polar surface area (TPSA) is 58.1 Å². The second kappa shape index (κ2) is 6.56. The normalized spacial score (nSPS) is 13.6. The van der Waals surface area contributed by atoms with Crippen molar-refractivity contribution < 1.29 is 4.79 Å². The minimum Gasteiger partial charge on any atom is -0.354 e. The number of anilines is 2. The van der Waals surface area contributed by atoms with Gasteiger partial charge >= 0.3 is 0 Å². The first-order valence-electron chi connectivity index (χ1n) is 7.75. The lowest BCUT2D eigenvalue weighted by atomic mass is 10.0. The molecule has 2 aromatic rings. The van der Waals surface area contributed by atoms with Crippen LogP contribution in [-0.4, -0.2) is 29.0 Å². The van der Waals surface area contributed by atoms with E-state index in [4.69, 9.17) is 0 Å². The number of nitrogens with zero attached hydrogens (tertiary/aromatic N) is 3. The van der Waals surface area contributed by atoms with E-state index in [2.05, 4.69) is 28.3 Å². The van der Waals surface area contributed by atoms with Gasteiger partial charge in [0.2, 0.25) is 5.95 Å². The number of carbonyl (C=O) groups excluding carboxylic acids is 1. The predicted molar refractivity (Wildman–Crippen MR) is 87.3 cm³/mol. The number of para-hydroxylation sites is 1. The fourth-order valence-electron chi connectivity index (χ4n) is 2.67. The van der Waals surface area contributed by atoms with Crippen LogP contribution < -0.4 is 10.2 Å². The molecule has 2 heterocycles. The highest BCUT2D eigenvalue weighted by atomic mass is 16.2. The number of rotatable bonds is 4. The van der Waals surface area contributed by atoms with Crippen LogP contribution in [0.2, 0.25) is 0 Å². The Hall–Kier alpha value is -2.43. The van der Waals surface area contributed by atoms with Gasteiger partial charge in [0.05, 0.1) is 5.56 Å². The molecule has 0 saturated carbocycles. The number of aromatic nitrogens is 2. The summed E-state index contributed by atoms with van der Waals surface area (Å²) in [6, 6.07) is 8.08. The van der Waals surface area contributed by atoms with Crippen LogP contribution in [-0.2, 0) is 6.42 Å². The molecule has 1 aromatic carbocycles. The zero-order valence-corrected chi connectivity index (χ0v) is 12.7. The van der Waals surface area contributed by atoms with Crippen LogP contribution in [0.5, 0.6) is 0 Å². The zero-order valence-electron chi connectivity index (χ0n) is 12.7. The Morgan fingerprint density at radius 3 is 2.82 bits per heavy atom. The molecule has 0 saturated heterocycles. The highest BCUT2D eigenvalue weighted by molar-refractivity contribution is 6.06. The molecule has 0 radical (unpaired) electrons. The van der Waals surface area contributed by atoms with Gasteiger partial charge in [-0.3, -0.25) is 4.79 Å². The van der Waals surface area contributed by atoms with Crippen LogP contribution in [0, 0.1) is 0 Å². The molecule has 3 rings (SSSR count). The minimum absolute atomic E-state index is 0.0332. The van der Waals surface area contributed by atoms with Crippen LogP contribution in [0.1, 0.15) is 35.7 Å². The molecule has 5 heteroatoms. The average molecular weight is 296 g/mol. The van der Waals surface area contributed by atoms with Crippen LogP contribution in [0.4, 0.5) is 11.6 Å². The number of amides is 1. The number of aryl methyl sites for hydroxylation is 1. The van der Waals surface area contributed by atoms with Gasteiger partial charge in [-0.05, 0) is 30.9 Å². The van der Waals surface area contributed by atoms with Gasteiger partial charge in [-0.15, -0.1) is 0 Å². The van der Waals surface area contributed by atoms with Crippen LogP contribution in [0.15, 0.2) is 36.7 Å². The van der Waals surface area contributed by atoms with Gasteiger partial charge in [0.15, 0.2) is 0 Å². The molecule has 1 aliphatic rings. The second-order valence-electron chi connectivity index (χ2n) is 5.41. The average Bonchev–Trinajstić information content (AvgIpc) is 2.59. The number of hydrogen-bond acceptors (Lipinski definition) is 4. The van der Waals surface area contributed by atoms with Crippen molar-refractivity contribution in [3.8, 4) is 0 Å². The Kier molecular flexibility index (Phi) is 4.32. The van der Waals surface area contributed by atoms with Crippen molar-refractivity contribution in [3.63, 3.8) is 0 Å². The third kappa shape index (κ3) is 2.93. The molecule has 1 aromatic heterocycles. The fourth-order valence-corrected chi connectivity index (χ4v) is 2.67. The summed E-state index contributed by atoms with van der Waals surface area (Å²) in [6.45, 7) is 3.65. The summed E-state index contributed by atoms with van der Waals surface area (Å²) >= 11 is 0. The van der Waals surface area contributed by atoms with Gasteiger partial charge in [0.25, 0.3) is 5.91 Å². The molecule has 114 valence electrons. The summed E-state index contributed by atoms with van der Waals surface area (Å²) in [5.74, 6) is 0.534. The maximum Gasteiger partial charge on any atom is 0.261 e. The van der Waals surface area contributed by atoms with E-state index in [1.807, 2.05) is 23.1 Å². The van der Waals surface area contributed by atoms with Crippen molar-refractivity contribution in [1.29, 1.82) is 0 Å². The lowest BCUT2D eigenvalue weighted by molar-refractivity contribution is 0.0984. The fraction of sp³-hybridized carbons (Fsp3) is 0.353. The van der Waals surface area contributed by atoms with Crippen LogP contribution in [0.25, 0.3) is 0 Å². The van der Waals surface area contributed by atoms with Crippen LogP contribution >= 0.6 is 0 Å². The SMILES string of the molecule is CCCNc1ncc(C(=O)N2CCCc3ccccc32)cn1. The molecule has 0 bridgehead atoms. The number of benzene rings is 1. The summed E-state index contributed by atoms with van der Waals surface area (Å²) in [5.41, 5.74) is 2.76. The highest BCUT2D eigenvalue weighted by Crippen LogP contribution is 2.27. The second-order valence-corrected chi connectivity index (χ2v) is 5.41. The smallest absolute Gasteiger partial charge is 0.261 e. The summed E-state index contributed by atoms with van der Waals surface area (Å²) in [6.07, 6.45) is 6.22. The van der Waals surface area contributed by atoms with Crippen molar-refractivity contribution in [2.45, 2.75) is 26.2 Å². The minimum atomic E-state index is -0.0332. The largest absolute Gasteiger partial charge is 0.354 e. The van der Waals surface area contributed by atoms with Crippen molar-refractivity contribution in [2.24, 2.45) is 0 Å². The molecule has 0 fully saturated rings. The summed E-state index contributed by atoms with van der Waals surface area (Å²) < 4.78 is 0. The van der Waals surface area contributed by atoms with E-state index >= 15 is 0 Å². The number of nitrogens with one attached hydrogen (secondary N) is 1. The van der Waals surface area contributed by atoms with Crippen molar-refractivity contribution >= 4 is 17.5 Å². The van der Waals surface area contributed by atoms with Gasteiger partial charge in [0, 0.05) is 31.2 Å². The molecule has 0 aliphatic carbocycles. The van der Waals surface area contributed by atoms with E-state index in [-0.39, 0.29) is 5.91 Å². The van der Waals surface area contributed by atoms with Gasteiger partial charge < -0.3 is 10.2 Å². The molecule has 0 unspecified atom stereocenters. The first-order chi connectivity index (χ1) is 10.8. The van der Waals surface area contributed by atoms with E-state index in [0.29, 0.717) is 11.5 Å². The van der Waals surface area contributed by atoms with Gasteiger partial charge in [0.1, 0.15) is 0 Å². The Labute approximate surface area is 130 Å². The summed E-state index contributed by atoms with van der Waals surface area (Å²) in [5, 5.41) is 3.11. The molecule has 0 atom stereocenters. The standard InChI is InChI=1S/C17H20N4O/c1-2-9-18-17-19-11-14(12-20-17)16(22)21-10-5-7-13-6-3-4-8-15(13)21/h3-4,6,8,11-12H,2,5,7,9-10H2,1H3,(H,18,19,20). The van der Waals surface area contributed by atoms with E-state index in [0.717, 1.165) is 38.0 Å². The lowest BCUT2D eigenvalue weighted by Gasteiger charge is -2.29. The first-order valence-corrected chi connectivity index (χ1v) is 7.75. The van der Waals surface area contributed by atoms with Crippen molar-refractivity contribution in [1.82, 2.24) is 9.97 Å². The van der Waals surface area contributed by atoms with E-state index in [9.17, 15) is 4.79 Å². The predicted octanol–water partition coefficient (Wildman–Crippen LogP) is 2.89. The summed E-state index contributed by atoms with van der Waals surface area (Å²) in [4.78, 5) is 23.0. The van der Waals surface area contributed by atoms with E-state index < -0.39 is 0 Å². The maximum atomic E-state index is 12.7. The lowest BCUT2D eigenvalue weighted by Crippen LogP contribution is -2.35. The quantitative estimate of drug-likeness (QED) is 0.942. The first kappa shape index (κ1) is 14.5. The number of hydrogen-bond donors (Lipinski definition) is 1. The maximum absolute atomic E-state index is 12.7. The molecule has 1 aliphatic heterocycles. The Bertz CT molecular complexity index is 654. The molecule has 5 nitrogen and oxygen atoms in total. The van der Waals surface area contributed by atoms with Gasteiger partial charge in [-0.25, -0.2) is 9.97 Å². The molecule has 1 amide bonds. The Morgan fingerprint density at radius 1 is 1.27 bits per heavy atom. The van der Waals surface area contributed by atoms with E-state index in [1.54, 1.807) is 12.4 Å². The molecule has 0 spiro atoms. The summed E-state index contributed by atoms with van der Waals surface area (Å²) in [7, 11) is 0. The molecular formula is C17H20N4O. The van der Waals surface area contributed by atoms with Gasteiger partial charge in [-0.2, -0.15) is 0 Å². The molecular weight excluding hydrogens is 276 g/mol. The number of fused-ring (bicyclic) bond motifs is 1. The number of carbonyl (C=O) groups is 1. The van der Waals surface area contributed by atoms with Crippen LogP contribution in [0.3, 0.4) is 0 Å². The van der Waals surface area contributed by atoms with Gasteiger partial charge in [-0.1, -0.05) is 25.1 Å². The third-order valence-electron chi connectivity index (χ3n) is 3.79. The van der Waals surface area contributed by atoms with E-state index in [1.165, 1.54) is 5.56 Å². The van der Waals surface area contributed by atoms with Crippen molar-refractivity contribution in [2.75, 3.05) is 23.3 Å². The molecule has 22 heavy (non-hydrogen) atoms. The highest BCUT2D eigenvalue weighted by Gasteiger charge is 2.23. The monoisotopic (exact) mass is 296 g/mol. The van der Waals surface area contributed by atoms with Crippen molar-refractivity contribution in [3.05, 3.63) is 47.8 Å². The third-order valence-corrected chi connectivity index (χ3v) is 3.79. The zero-order chi connectivity index (χ0) is 15.4. The Balaban J connectivity index is 1.80.